The number of esters is 5. The predicted molar refractivity (Wildman–Crippen MR) is 448 cm³/mol. The molecule has 0 aliphatic rings. The van der Waals surface area contributed by atoms with E-state index in [4.69, 9.17) is 9.84 Å². The number of methoxy groups -OCH3 is 3. The van der Waals surface area contributed by atoms with Crippen LogP contribution < -0.4 is 22.2 Å². The van der Waals surface area contributed by atoms with Crippen molar-refractivity contribution in [2.24, 2.45) is 0 Å². The number of nitro benzene ring substituents is 2. The van der Waals surface area contributed by atoms with Gasteiger partial charge in [-0.1, -0.05) is 116 Å². The quantitative estimate of drug-likeness (QED) is 0.0284. The van der Waals surface area contributed by atoms with Crippen LogP contribution in [0.5, 0.6) is 0 Å². The number of hydrogen-bond acceptors (Lipinski definition) is 25. The predicted octanol–water partition coefficient (Wildman–Crippen LogP) is 12.3. The number of nitrogens with zero attached hydrogens (tertiary/aromatic N) is 13. The number of para-hydroxylation sites is 11. The van der Waals surface area contributed by atoms with Gasteiger partial charge in [0.25, 0.3) is 27.9 Å². The Kier molecular flexibility index (Phi) is 41.8. The molecule has 6 aromatic carbocycles. The largest absolute Gasteiger partial charge is 0.469 e. The summed E-state index contributed by atoms with van der Waals surface area (Å²) in [6.45, 7) is 16.3. The lowest BCUT2D eigenvalue weighted by molar-refractivity contribution is -0.387. The maximum Gasteiger partial charge on any atom is 0.374 e. The van der Waals surface area contributed by atoms with Gasteiger partial charge in [0, 0.05) is 119 Å². The first-order chi connectivity index (χ1) is 57.2. The first-order valence-electron chi connectivity index (χ1n) is 35.8. The smallest absolute Gasteiger partial charge is 0.374 e. The number of rotatable bonds is 7. The van der Waals surface area contributed by atoms with E-state index in [9.17, 15) is 67.8 Å². The highest BCUT2D eigenvalue weighted by atomic mass is 79.9. The lowest BCUT2D eigenvalue weighted by Crippen LogP contribution is -2.13. The van der Waals surface area contributed by atoms with Gasteiger partial charge in [-0.2, -0.15) is 4.39 Å². The highest BCUT2D eigenvalue weighted by molar-refractivity contribution is 9.09. The van der Waals surface area contributed by atoms with Crippen LogP contribution in [-0.4, -0.2) is 168 Å². The molecule has 16 rings (SSSR count). The molecular weight excluding hydrogens is 1620 g/mol. The van der Waals surface area contributed by atoms with E-state index in [1.807, 2.05) is 104 Å². The molecule has 0 amide bonds. The number of hydrogen-bond donors (Lipinski definition) is 6. The van der Waals surface area contributed by atoms with Crippen LogP contribution in [0.15, 0.2) is 239 Å². The van der Waals surface area contributed by atoms with Crippen LogP contribution in [0.3, 0.4) is 0 Å². The minimum Gasteiger partial charge on any atom is -0.469 e. The van der Waals surface area contributed by atoms with Crippen molar-refractivity contribution < 1.29 is 67.0 Å². The molecule has 10 aromatic heterocycles. The van der Waals surface area contributed by atoms with Crippen molar-refractivity contribution in [3.8, 4) is 5.69 Å². The molecule has 0 saturated carbocycles. The standard InChI is InChI=1S/C12H11N3O4.4C10H7N3O.C6H4FNO2.C6H8N2O2.3C3H6O2.C3H8.C2H5Br.C2H6O/c1-2-19-12(16)11-13-7-8-14(11)9-5-3-4-6-10(9)15(17)18;4*14-10-9-11-5-6-13(9)8-4-2-1-3-7(8)12-10;7-5-3-1-2-4-6(5)8(9)10;1-2-10-6(9)5-7-3-4-8-5;3*1-3(4)5-2;1-3-2;2*1-2-3/h3-8H,2H2,1H3;4*1-6H,(H,12,14);1-4H;3-4H,2H2,1H3,(H,7,8);3*1-2H3;3H2,1-2H3;2H2,1H3;3H,2H2,1H3. The molecule has 10 heterocycles. The van der Waals surface area contributed by atoms with Gasteiger partial charge in [0.1, 0.15) is 5.69 Å². The van der Waals surface area contributed by atoms with E-state index in [0.717, 1.165) is 61.6 Å². The number of nitro groups is 2. The maximum absolute atomic E-state index is 12.4. The zero-order chi connectivity index (χ0) is 87.9. The number of carbonyl (C=O) groups excluding carboxylic acids is 5. The zero-order valence-corrected chi connectivity index (χ0v) is 68.3. The second-order valence-electron chi connectivity index (χ2n) is 22.7. The van der Waals surface area contributed by atoms with Gasteiger partial charge in [-0.05, 0) is 81.4 Å². The third kappa shape index (κ3) is 29.7. The van der Waals surface area contributed by atoms with E-state index in [1.165, 1.54) is 89.9 Å². The van der Waals surface area contributed by atoms with Gasteiger partial charge in [0.05, 0.1) is 88.5 Å². The normalized spacial score (nSPS) is 9.74. The Morgan fingerprint density at radius 1 is 0.445 bits per heavy atom. The van der Waals surface area contributed by atoms with E-state index in [-0.39, 0.29) is 76.4 Å². The molecule has 0 spiro atoms. The molecule has 39 heteroatoms. The van der Waals surface area contributed by atoms with Gasteiger partial charge in [0.2, 0.25) is 40.1 Å². The Labute approximate surface area is 684 Å². The second-order valence-corrected chi connectivity index (χ2v) is 23.8. The average Bonchev–Trinajstić information content (AvgIpc) is 1.78. The monoisotopic (exact) mass is 1700 g/mol. The van der Waals surface area contributed by atoms with Crippen molar-refractivity contribution in [2.75, 3.05) is 46.5 Å². The number of aromatic nitrogens is 16. The Morgan fingerprint density at radius 3 is 1.02 bits per heavy atom. The fourth-order valence-corrected chi connectivity index (χ4v) is 9.38. The average molecular weight is 1700 g/mol. The fraction of sp³-hybridized carbons (Fsp3) is 0.212. The third-order valence-corrected chi connectivity index (χ3v) is 14.3. The number of alkyl halides is 1. The number of ether oxygens (including phenoxy) is 5. The first-order valence-corrected chi connectivity index (χ1v) is 36.9. The lowest BCUT2D eigenvalue weighted by Gasteiger charge is -2.07. The van der Waals surface area contributed by atoms with Crippen molar-refractivity contribution in [3.05, 3.63) is 299 Å². The number of halogens is 2. The molecule has 0 fully saturated rings. The van der Waals surface area contributed by atoms with Gasteiger partial charge in [-0.15, -0.1) is 0 Å². The van der Waals surface area contributed by atoms with Crippen LogP contribution in [0, 0.1) is 26.0 Å². The number of aliphatic hydroxyl groups is 1. The van der Waals surface area contributed by atoms with Crippen LogP contribution in [0.25, 0.3) is 72.4 Å². The molecule has 0 atom stereocenters. The lowest BCUT2D eigenvalue weighted by atomic mass is 10.2. The maximum atomic E-state index is 12.4. The summed E-state index contributed by atoms with van der Waals surface area (Å²) in [7, 11) is 4.05. The van der Waals surface area contributed by atoms with E-state index < -0.39 is 33.3 Å². The van der Waals surface area contributed by atoms with Crippen LogP contribution in [0.4, 0.5) is 15.8 Å². The van der Waals surface area contributed by atoms with E-state index in [1.54, 1.807) is 112 Å². The first kappa shape index (κ1) is 96.3. The van der Waals surface area contributed by atoms with E-state index in [0.29, 0.717) is 29.2 Å². The summed E-state index contributed by atoms with van der Waals surface area (Å²) in [5.41, 5.74) is 7.90. The number of benzene rings is 6. The molecular formula is C80H88BrFN18O19. The van der Waals surface area contributed by atoms with Crippen LogP contribution in [0.2, 0.25) is 0 Å². The summed E-state index contributed by atoms with van der Waals surface area (Å²) in [5, 5.41) is 29.6. The Bertz CT molecular complexity index is 5630. The summed E-state index contributed by atoms with van der Waals surface area (Å²) in [5.74, 6) is -2.30. The number of aromatic amines is 5. The number of imidazole rings is 6. The Balaban J connectivity index is 0.000000281. The van der Waals surface area contributed by atoms with Crippen molar-refractivity contribution in [2.45, 2.75) is 68.7 Å². The molecule has 119 heavy (non-hydrogen) atoms. The molecule has 6 N–H and O–H groups in total. The van der Waals surface area contributed by atoms with Gasteiger partial charge in [-0.25, -0.2) is 39.5 Å². The molecule has 0 aliphatic heterocycles. The highest BCUT2D eigenvalue weighted by Crippen LogP contribution is 2.24. The molecule has 0 saturated heterocycles. The topological polar surface area (TPSA) is 485 Å². The molecule has 0 unspecified atom stereocenters. The molecule has 626 valence electrons. The fourth-order valence-electron chi connectivity index (χ4n) is 9.38. The van der Waals surface area contributed by atoms with Crippen molar-refractivity contribution in [1.82, 2.24) is 77.0 Å². The van der Waals surface area contributed by atoms with E-state index >= 15 is 0 Å². The van der Waals surface area contributed by atoms with Gasteiger partial charge in [0.15, 0.2) is 0 Å². The molecule has 37 nitrogen and oxygen atoms in total. The van der Waals surface area contributed by atoms with Gasteiger partial charge in [-0.3, -0.25) is 76.0 Å². The van der Waals surface area contributed by atoms with Crippen LogP contribution >= 0.6 is 15.9 Å². The van der Waals surface area contributed by atoms with Crippen LogP contribution in [0.1, 0.15) is 90.0 Å². The van der Waals surface area contributed by atoms with Crippen molar-refractivity contribution in [1.29, 1.82) is 0 Å². The van der Waals surface area contributed by atoms with Gasteiger partial charge >= 0.3 is 35.5 Å². The third-order valence-electron chi connectivity index (χ3n) is 14.3. The van der Waals surface area contributed by atoms with Gasteiger partial charge < -0.3 is 53.7 Å². The van der Waals surface area contributed by atoms with E-state index in [2.05, 4.69) is 104 Å². The summed E-state index contributed by atoms with van der Waals surface area (Å²) in [6.07, 6.45) is 20.8. The summed E-state index contributed by atoms with van der Waals surface area (Å²) >= 11 is 3.15. The number of fused-ring (bicyclic) bond motifs is 12. The Morgan fingerprint density at radius 2 is 0.731 bits per heavy atom. The minimum atomic E-state index is -0.799. The molecule has 16 aromatic rings. The zero-order valence-electron chi connectivity index (χ0n) is 66.7. The number of carbonyl (C=O) groups is 5. The minimum absolute atomic E-state index is 0.0103. The van der Waals surface area contributed by atoms with Crippen LogP contribution in [-0.2, 0) is 38.1 Å². The summed E-state index contributed by atoms with van der Waals surface area (Å²) < 4.78 is 42.7. The van der Waals surface area contributed by atoms with Crippen molar-refractivity contribution in [3.63, 3.8) is 0 Å². The summed E-state index contributed by atoms with van der Waals surface area (Å²) in [6, 6.07) is 41.7. The number of H-pyrrole nitrogens is 5. The number of nitrogens with one attached hydrogen (secondary N) is 5. The molecule has 0 bridgehead atoms. The molecule has 0 aliphatic carbocycles. The SMILES string of the molecule is CCBr.CCC.CCO.CCOC(=O)c1ncc[nH]1.CCOC(=O)c1nccn1-c1ccccc1[N+](=O)[O-].COC(C)=O.COC(C)=O.COC(C)=O.O=[N+]([O-])c1ccccc1F.O=c1[nH]c2ccccc2n2ccnc12.O=c1[nH]c2ccccc2n2ccnc12.O=c1[nH]c2ccccc2n2ccnc12.O=c1[nH]c2ccccc2n2ccnc12. The summed E-state index contributed by atoms with van der Waals surface area (Å²) in [4.78, 5) is 154. The Hall–Kier alpha value is -15.0. The number of aliphatic hydroxyl groups excluding tert-OH is 1. The van der Waals surface area contributed by atoms with Crippen molar-refractivity contribution >= 4 is 124 Å². The molecule has 0 radical (unpaired) electrons. The highest BCUT2D eigenvalue weighted by Gasteiger charge is 2.21. The second kappa shape index (κ2) is 51.7.